The zero-order valence-electron chi connectivity index (χ0n) is 12.1. The molecule has 0 bridgehead atoms. The van der Waals surface area contributed by atoms with Gasteiger partial charge >= 0.3 is 0 Å². The zero-order chi connectivity index (χ0) is 13.6. The molecule has 3 nitrogen and oxygen atoms in total. The lowest BCUT2D eigenvalue weighted by molar-refractivity contribution is -0.136. The fraction of sp³-hybridized carbons (Fsp3) is 0.929. The van der Waals surface area contributed by atoms with Crippen molar-refractivity contribution < 1.29 is 4.79 Å². The van der Waals surface area contributed by atoms with E-state index in [4.69, 9.17) is 5.73 Å². The lowest BCUT2D eigenvalue weighted by atomic mass is 9.78. The summed E-state index contributed by atoms with van der Waals surface area (Å²) in [5.74, 6) is 1.12. The maximum atomic E-state index is 12.3. The van der Waals surface area contributed by atoms with E-state index in [0.717, 1.165) is 31.7 Å². The Hall–Kier alpha value is -0.220. The number of rotatable bonds is 6. The molecule has 1 rings (SSSR count). The molecule has 0 aromatic carbocycles. The summed E-state index contributed by atoms with van der Waals surface area (Å²) in [7, 11) is 0. The summed E-state index contributed by atoms with van der Waals surface area (Å²) in [5.41, 5.74) is 6.30. The van der Waals surface area contributed by atoms with Crippen LogP contribution in [0.4, 0.5) is 0 Å². The van der Waals surface area contributed by atoms with Crippen molar-refractivity contribution in [2.45, 2.75) is 52.0 Å². The second-order valence-corrected chi connectivity index (χ2v) is 6.80. The van der Waals surface area contributed by atoms with Gasteiger partial charge in [0.2, 0.25) is 5.91 Å². The zero-order valence-corrected chi connectivity index (χ0v) is 12.9. The molecule has 1 amide bonds. The third-order valence-corrected chi connectivity index (χ3v) is 4.54. The van der Waals surface area contributed by atoms with Crippen molar-refractivity contribution in [3.05, 3.63) is 0 Å². The van der Waals surface area contributed by atoms with E-state index in [-0.39, 0.29) is 11.9 Å². The fourth-order valence-electron chi connectivity index (χ4n) is 2.91. The Kier molecular flexibility index (Phi) is 6.50. The highest BCUT2D eigenvalue weighted by Crippen LogP contribution is 2.34. The molecule has 1 aliphatic rings. The van der Waals surface area contributed by atoms with Crippen molar-refractivity contribution in [1.29, 1.82) is 0 Å². The SMILES string of the molecule is CCCC1(C)CCCN(C(=O)[C@@H](N)CCSC)C1. The lowest BCUT2D eigenvalue weighted by Gasteiger charge is -2.41. The van der Waals surface area contributed by atoms with Gasteiger partial charge in [0.15, 0.2) is 0 Å². The van der Waals surface area contributed by atoms with Gasteiger partial charge in [-0.1, -0.05) is 20.3 Å². The molecule has 2 atom stereocenters. The van der Waals surface area contributed by atoms with Gasteiger partial charge in [-0.2, -0.15) is 11.8 Å². The lowest BCUT2D eigenvalue weighted by Crippen LogP contribution is -2.50. The Bertz CT molecular complexity index is 269. The highest BCUT2D eigenvalue weighted by atomic mass is 32.2. The van der Waals surface area contributed by atoms with Crippen LogP contribution >= 0.6 is 11.8 Å². The third-order valence-electron chi connectivity index (χ3n) is 3.90. The first-order valence-corrected chi connectivity index (χ1v) is 8.45. The number of piperidine rings is 1. The van der Waals surface area contributed by atoms with Crippen LogP contribution in [-0.4, -0.2) is 41.9 Å². The molecule has 0 aliphatic carbocycles. The Morgan fingerprint density at radius 1 is 1.56 bits per heavy atom. The molecule has 1 fully saturated rings. The molecule has 2 N–H and O–H groups in total. The van der Waals surface area contributed by atoms with Gasteiger partial charge in [0.05, 0.1) is 6.04 Å². The number of hydrogen-bond acceptors (Lipinski definition) is 3. The minimum atomic E-state index is -0.304. The number of thioether (sulfide) groups is 1. The molecule has 18 heavy (non-hydrogen) atoms. The van der Waals surface area contributed by atoms with Crippen molar-refractivity contribution in [1.82, 2.24) is 4.90 Å². The van der Waals surface area contributed by atoms with Crippen LogP contribution in [0.25, 0.3) is 0 Å². The first-order valence-electron chi connectivity index (χ1n) is 7.06. The van der Waals surface area contributed by atoms with Gasteiger partial charge in [0.25, 0.3) is 0 Å². The summed E-state index contributed by atoms with van der Waals surface area (Å²) in [5, 5.41) is 0. The average Bonchev–Trinajstić information content (AvgIpc) is 2.35. The van der Waals surface area contributed by atoms with E-state index in [2.05, 4.69) is 20.1 Å². The summed E-state index contributed by atoms with van der Waals surface area (Å²) in [6.45, 7) is 6.32. The van der Waals surface area contributed by atoms with Crippen LogP contribution in [0.5, 0.6) is 0 Å². The van der Waals surface area contributed by atoms with E-state index in [1.165, 1.54) is 19.3 Å². The normalized spacial score (nSPS) is 26.1. The molecule has 0 spiro atoms. The molecular formula is C14H28N2OS. The number of hydrogen-bond donors (Lipinski definition) is 1. The van der Waals surface area contributed by atoms with E-state index in [0.29, 0.717) is 5.41 Å². The molecule has 0 aromatic heterocycles. The Morgan fingerprint density at radius 2 is 2.28 bits per heavy atom. The summed E-state index contributed by atoms with van der Waals surface area (Å²) in [4.78, 5) is 14.3. The third kappa shape index (κ3) is 4.47. The standard InChI is InChI=1S/C14H28N2OS/c1-4-7-14(2)8-5-9-16(11-14)13(17)12(15)6-10-18-3/h12H,4-11,15H2,1-3H3/t12-,14?/m0/s1. The van der Waals surface area contributed by atoms with Gasteiger partial charge in [-0.05, 0) is 43.1 Å². The fourth-order valence-corrected chi connectivity index (χ4v) is 3.40. The quantitative estimate of drug-likeness (QED) is 0.808. The minimum Gasteiger partial charge on any atom is -0.341 e. The number of carbonyl (C=O) groups excluding carboxylic acids is 1. The van der Waals surface area contributed by atoms with E-state index in [1.54, 1.807) is 11.8 Å². The van der Waals surface area contributed by atoms with E-state index in [9.17, 15) is 4.79 Å². The summed E-state index contributed by atoms with van der Waals surface area (Å²) < 4.78 is 0. The number of carbonyl (C=O) groups is 1. The van der Waals surface area contributed by atoms with Crippen molar-refractivity contribution >= 4 is 17.7 Å². The molecule has 0 radical (unpaired) electrons. The van der Waals surface area contributed by atoms with Gasteiger partial charge in [-0.3, -0.25) is 4.79 Å². The molecule has 1 saturated heterocycles. The van der Waals surface area contributed by atoms with E-state index >= 15 is 0 Å². The highest BCUT2D eigenvalue weighted by molar-refractivity contribution is 7.98. The molecule has 1 unspecified atom stereocenters. The van der Waals surface area contributed by atoms with E-state index in [1.807, 2.05) is 4.90 Å². The van der Waals surface area contributed by atoms with Crippen molar-refractivity contribution in [2.24, 2.45) is 11.1 Å². The molecule has 1 heterocycles. The first kappa shape index (κ1) is 15.8. The highest BCUT2D eigenvalue weighted by Gasteiger charge is 2.33. The monoisotopic (exact) mass is 272 g/mol. The van der Waals surface area contributed by atoms with Gasteiger partial charge in [-0.25, -0.2) is 0 Å². The van der Waals surface area contributed by atoms with Crippen LogP contribution in [0.15, 0.2) is 0 Å². The van der Waals surface area contributed by atoms with Crippen molar-refractivity contribution in [2.75, 3.05) is 25.1 Å². The smallest absolute Gasteiger partial charge is 0.239 e. The van der Waals surface area contributed by atoms with Gasteiger partial charge in [0, 0.05) is 13.1 Å². The van der Waals surface area contributed by atoms with Gasteiger partial charge in [0.1, 0.15) is 0 Å². The molecule has 1 aliphatic heterocycles. The summed E-state index contributed by atoms with van der Waals surface area (Å²) >= 11 is 1.75. The predicted molar refractivity (Wildman–Crippen MR) is 79.8 cm³/mol. The van der Waals surface area contributed by atoms with Crippen LogP contribution in [0, 0.1) is 5.41 Å². The van der Waals surface area contributed by atoms with E-state index < -0.39 is 0 Å². The second kappa shape index (κ2) is 7.39. The van der Waals surface area contributed by atoms with Crippen molar-refractivity contribution in [3.63, 3.8) is 0 Å². The number of nitrogens with two attached hydrogens (primary N) is 1. The van der Waals surface area contributed by atoms with Crippen LogP contribution in [0.2, 0.25) is 0 Å². The maximum Gasteiger partial charge on any atom is 0.239 e. The summed E-state index contributed by atoms with van der Waals surface area (Å²) in [6, 6.07) is -0.304. The molecule has 0 saturated carbocycles. The Balaban J connectivity index is 2.52. The van der Waals surface area contributed by atoms with Crippen LogP contribution in [0.1, 0.15) is 46.0 Å². The molecular weight excluding hydrogens is 244 g/mol. The van der Waals surface area contributed by atoms with Gasteiger partial charge < -0.3 is 10.6 Å². The number of nitrogens with zero attached hydrogens (tertiary/aromatic N) is 1. The predicted octanol–water partition coefficient (Wildman–Crippen LogP) is 2.50. The van der Waals surface area contributed by atoms with Crippen LogP contribution in [0.3, 0.4) is 0 Å². The topological polar surface area (TPSA) is 46.3 Å². The van der Waals surface area contributed by atoms with Crippen molar-refractivity contribution in [3.8, 4) is 0 Å². The first-order chi connectivity index (χ1) is 8.52. The number of amides is 1. The molecule has 4 heteroatoms. The largest absolute Gasteiger partial charge is 0.341 e. The average molecular weight is 272 g/mol. The Labute approximate surface area is 116 Å². The van der Waals surface area contributed by atoms with Gasteiger partial charge in [-0.15, -0.1) is 0 Å². The Morgan fingerprint density at radius 3 is 2.89 bits per heavy atom. The molecule has 106 valence electrons. The van der Waals surface area contributed by atoms with Crippen LogP contribution in [-0.2, 0) is 4.79 Å². The van der Waals surface area contributed by atoms with Crippen LogP contribution < -0.4 is 5.73 Å². The maximum absolute atomic E-state index is 12.3. The number of likely N-dealkylation sites (tertiary alicyclic amines) is 1. The minimum absolute atomic E-state index is 0.158. The summed E-state index contributed by atoms with van der Waals surface area (Å²) in [6.07, 6.45) is 7.60. The molecule has 0 aromatic rings. The second-order valence-electron chi connectivity index (χ2n) is 5.81.